The molecule has 1 rings (SSSR count). The Bertz CT molecular complexity index is 116. The molecule has 0 N–H and O–H groups in total. The van der Waals surface area contributed by atoms with E-state index in [1.165, 1.54) is 57.8 Å². The average molecular weight is 197 g/mol. The standard InChI is InChI=1S/C13H25O/c14-12-8-3-1-2-5-9-13-10-6-4-7-11-13/h13H,1-12H2. The molecule has 1 saturated carbocycles. The minimum absolute atomic E-state index is 0.128. The lowest BCUT2D eigenvalue weighted by molar-refractivity contribution is 0.185. The molecule has 0 unspecified atom stereocenters. The Kier molecular flexibility index (Phi) is 7.12. The first-order chi connectivity index (χ1) is 6.93. The van der Waals surface area contributed by atoms with Crippen LogP contribution in [0.1, 0.15) is 70.6 Å². The van der Waals surface area contributed by atoms with Gasteiger partial charge in [0.25, 0.3) is 0 Å². The van der Waals surface area contributed by atoms with Crippen molar-refractivity contribution in [2.24, 2.45) is 5.92 Å². The summed E-state index contributed by atoms with van der Waals surface area (Å²) in [4.78, 5) is 0. The zero-order valence-electron chi connectivity index (χ0n) is 9.47. The SMILES string of the molecule is [O]CCCCCCCC1CCCCC1. The molecule has 0 aromatic rings. The van der Waals surface area contributed by atoms with Crippen LogP contribution in [0.2, 0.25) is 0 Å². The zero-order chi connectivity index (χ0) is 10.1. The molecule has 0 heterocycles. The highest BCUT2D eigenvalue weighted by Gasteiger charge is 2.12. The summed E-state index contributed by atoms with van der Waals surface area (Å²) in [5, 5.41) is 10.2. The van der Waals surface area contributed by atoms with Crippen LogP contribution in [0.15, 0.2) is 0 Å². The first-order valence-electron chi connectivity index (χ1n) is 6.51. The summed E-state index contributed by atoms with van der Waals surface area (Å²) in [5.41, 5.74) is 0. The fraction of sp³-hybridized carbons (Fsp3) is 1.00. The van der Waals surface area contributed by atoms with E-state index in [0.717, 1.165) is 18.8 Å². The molecule has 1 heteroatoms. The van der Waals surface area contributed by atoms with Crippen molar-refractivity contribution < 1.29 is 5.11 Å². The van der Waals surface area contributed by atoms with Gasteiger partial charge in [-0.15, -0.1) is 0 Å². The second-order valence-electron chi connectivity index (χ2n) is 4.76. The number of hydrogen-bond donors (Lipinski definition) is 0. The van der Waals surface area contributed by atoms with Crippen molar-refractivity contribution in [2.45, 2.75) is 70.6 Å². The molecule has 0 saturated heterocycles. The molecule has 1 radical (unpaired) electrons. The van der Waals surface area contributed by atoms with Gasteiger partial charge in [-0.25, -0.2) is 5.11 Å². The van der Waals surface area contributed by atoms with Crippen LogP contribution in [0.4, 0.5) is 0 Å². The van der Waals surface area contributed by atoms with E-state index in [-0.39, 0.29) is 6.61 Å². The molecule has 0 aliphatic heterocycles. The van der Waals surface area contributed by atoms with E-state index in [0.29, 0.717) is 0 Å². The zero-order valence-corrected chi connectivity index (χ0v) is 9.47. The van der Waals surface area contributed by atoms with Crippen molar-refractivity contribution in [3.63, 3.8) is 0 Å². The molecular weight excluding hydrogens is 172 g/mol. The summed E-state index contributed by atoms with van der Waals surface area (Å²) in [7, 11) is 0. The second-order valence-corrected chi connectivity index (χ2v) is 4.76. The molecule has 0 bridgehead atoms. The monoisotopic (exact) mass is 197 g/mol. The van der Waals surface area contributed by atoms with Crippen LogP contribution in [0.5, 0.6) is 0 Å². The Hall–Kier alpha value is -0.0400. The van der Waals surface area contributed by atoms with E-state index in [9.17, 15) is 5.11 Å². The molecule has 1 fully saturated rings. The Labute approximate surface area is 88.9 Å². The lowest BCUT2D eigenvalue weighted by Crippen LogP contribution is -2.05. The van der Waals surface area contributed by atoms with Crippen LogP contribution < -0.4 is 0 Å². The summed E-state index contributed by atoms with van der Waals surface area (Å²) >= 11 is 0. The highest BCUT2D eigenvalue weighted by atomic mass is 16.2. The molecular formula is C13H25O. The highest BCUT2D eigenvalue weighted by molar-refractivity contribution is 4.65. The number of hydrogen-bond acceptors (Lipinski definition) is 0. The van der Waals surface area contributed by atoms with E-state index < -0.39 is 0 Å². The van der Waals surface area contributed by atoms with Crippen molar-refractivity contribution >= 4 is 0 Å². The van der Waals surface area contributed by atoms with Gasteiger partial charge in [-0.1, -0.05) is 64.2 Å². The quantitative estimate of drug-likeness (QED) is 0.541. The fourth-order valence-corrected chi connectivity index (χ4v) is 2.54. The third kappa shape index (κ3) is 5.64. The van der Waals surface area contributed by atoms with Crippen molar-refractivity contribution in [3.05, 3.63) is 0 Å². The van der Waals surface area contributed by atoms with Crippen molar-refractivity contribution in [1.29, 1.82) is 0 Å². The van der Waals surface area contributed by atoms with Crippen LogP contribution >= 0.6 is 0 Å². The Morgan fingerprint density at radius 3 is 2.14 bits per heavy atom. The molecule has 1 aliphatic rings. The minimum atomic E-state index is 0.128. The van der Waals surface area contributed by atoms with Crippen LogP contribution in [-0.2, 0) is 5.11 Å². The fourth-order valence-electron chi connectivity index (χ4n) is 2.54. The largest absolute Gasteiger partial charge is 0.237 e. The highest BCUT2D eigenvalue weighted by Crippen LogP contribution is 2.27. The van der Waals surface area contributed by atoms with Crippen LogP contribution in [0.25, 0.3) is 0 Å². The molecule has 0 amide bonds. The molecule has 1 nitrogen and oxygen atoms in total. The molecule has 1 aliphatic carbocycles. The van der Waals surface area contributed by atoms with Gasteiger partial charge in [0.05, 0.1) is 6.61 Å². The number of unbranched alkanes of at least 4 members (excludes halogenated alkanes) is 4. The van der Waals surface area contributed by atoms with E-state index in [1.54, 1.807) is 0 Å². The van der Waals surface area contributed by atoms with Gasteiger partial charge < -0.3 is 0 Å². The second kappa shape index (κ2) is 8.28. The van der Waals surface area contributed by atoms with Crippen molar-refractivity contribution in [2.75, 3.05) is 6.61 Å². The van der Waals surface area contributed by atoms with Crippen LogP contribution in [0, 0.1) is 5.92 Å². The van der Waals surface area contributed by atoms with Gasteiger partial charge in [-0.2, -0.15) is 0 Å². The van der Waals surface area contributed by atoms with E-state index in [4.69, 9.17) is 0 Å². The third-order valence-corrected chi connectivity index (χ3v) is 3.48. The summed E-state index contributed by atoms with van der Waals surface area (Å²) in [6.45, 7) is 0.128. The van der Waals surface area contributed by atoms with Gasteiger partial charge in [-0.05, 0) is 12.3 Å². The predicted molar refractivity (Wildman–Crippen MR) is 59.8 cm³/mol. The molecule has 0 aromatic heterocycles. The van der Waals surface area contributed by atoms with E-state index in [2.05, 4.69) is 0 Å². The summed E-state index contributed by atoms with van der Waals surface area (Å²) < 4.78 is 0. The topological polar surface area (TPSA) is 19.9 Å². The maximum atomic E-state index is 10.2. The summed E-state index contributed by atoms with van der Waals surface area (Å²) in [6.07, 6.45) is 15.0. The lowest BCUT2D eigenvalue weighted by atomic mass is 9.85. The normalized spacial score (nSPS) is 18.6. The first kappa shape index (κ1) is 12.0. The maximum absolute atomic E-state index is 10.2. The van der Waals surface area contributed by atoms with Crippen molar-refractivity contribution in [3.8, 4) is 0 Å². The summed E-state index contributed by atoms with van der Waals surface area (Å²) in [5.74, 6) is 1.04. The Balaban J connectivity index is 1.82. The molecule has 0 atom stereocenters. The lowest BCUT2D eigenvalue weighted by Gasteiger charge is -2.21. The smallest absolute Gasteiger partial charge is 0.0822 e. The van der Waals surface area contributed by atoms with E-state index >= 15 is 0 Å². The molecule has 14 heavy (non-hydrogen) atoms. The Morgan fingerprint density at radius 2 is 1.43 bits per heavy atom. The van der Waals surface area contributed by atoms with Gasteiger partial charge in [-0.3, -0.25) is 0 Å². The molecule has 83 valence electrons. The predicted octanol–water partition coefficient (Wildman–Crippen LogP) is 4.34. The summed E-state index contributed by atoms with van der Waals surface area (Å²) in [6, 6.07) is 0. The van der Waals surface area contributed by atoms with Crippen LogP contribution in [0.3, 0.4) is 0 Å². The van der Waals surface area contributed by atoms with Gasteiger partial charge in [0.15, 0.2) is 0 Å². The molecule has 0 spiro atoms. The van der Waals surface area contributed by atoms with Crippen molar-refractivity contribution in [1.82, 2.24) is 0 Å². The van der Waals surface area contributed by atoms with Crippen LogP contribution in [-0.4, -0.2) is 6.61 Å². The van der Waals surface area contributed by atoms with Gasteiger partial charge >= 0.3 is 0 Å². The molecule has 0 aromatic carbocycles. The number of rotatable bonds is 7. The first-order valence-corrected chi connectivity index (χ1v) is 6.51. The third-order valence-electron chi connectivity index (χ3n) is 3.48. The maximum Gasteiger partial charge on any atom is 0.0822 e. The van der Waals surface area contributed by atoms with Gasteiger partial charge in [0.1, 0.15) is 0 Å². The van der Waals surface area contributed by atoms with E-state index in [1.807, 2.05) is 0 Å². The Morgan fingerprint density at radius 1 is 0.786 bits per heavy atom. The average Bonchev–Trinajstić information content (AvgIpc) is 2.25. The van der Waals surface area contributed by atoms with Gasteiger partial charge in [0, 0.05) is 0 Å². The minimum Gasteiger partial charge on any atom is -0.237 e. The van der Waals surface area contributed by atoms with Gasteiger partial charge in [0.2, 0.25) is 0 Å².